The highest BCUT2D eigenvalue weighted by Crippen LogP contribution is 2.32. The van der Waals surface area contributed by atoms with Crippen molar-refractivity contribution in [3.8, 4) is 0 Å². The maximum Gasteiger partial charge on any atom is 0.256 e. The van der Waals surface area contributed by atoms with Crippen LogP contribution in [0.4, 0.5) is 0 Å². The van der Waals surface area contributed by atoms with Gasteiger partial charge in [-0.2, -0.15) is 0 Å². The van der Waals surface area contributed by atoms with Crippen LogP contribution in [-0.4, -0.2) is 11.9 Å². The first-order valence-corrected chi connectivity index (χ1v) is 5.10. The monoisotopic (exact) mass is 213 g/mol. The molecule has 0 aliphatic heterocycles. The van der Waals surface area contributed by atoms with E-state index in [0.29, 0.717) is 11.5 Å². The molecule has 1 unspecified atom stereocenters. The highest BCUT2D eigenvalue weighted by Gasteiger charge is 2.29. The Kier molecular flexibility index (Phi) is 2.50. The number of amides is 1. The Morgan fingerprint density at radius 3 is 2.93 bits per heavy atom. The Bertz CT molecular complexity index is 344. The van der Waals surface area contributed by atoms with E-state index in [1.165, 1.54) is 19.1 Å². The molecule has 1 heterocycles. The van der Waals surface area contributed by atoms with Gasteiger partial charge < -0.3 is 9.73 Å². The molecule has 76 valence electrons. The van der Waals surface area contributed by atoms with Crippen LogP contribution in [0.3, 0.4) is 0 Å². The lowest BCUT2D eigenvalue weighted by atomic mass is 10.2. The topological polar surface area (TPSA) is 42.2 Å². The summed E-state index contributed by atoms with van der Waals surface area (Å²) < 4.78 is 4.85. The molecule has 0 aromatic carbocycles. The number of carbonyl (C=O) groups excluding carboxylic acids is 1. The summed E-state index contributed by atoms with van der Waals surface area (Å²) in [6.07, 6.45) is 3.83. The molecule has 1 saturated carbocycles. The first-order valence-electron chi connectivity index (χ1n) is 4.72. The van der Waals surface area contributed by atoms with Crippen LogP contribution >= 0.6 is 11.6 Å². The Morgan fingerprint density at radius 1 is 1.71 bits per heavy atom. The molecule has 0 saturated heterocycles. The zero-order chi connectivity index (χ0) is 10.1. The van der Waals surface area contributed by atoms with Crippen molar-refractivity contribution in [3.05, 3.63) is 23.1 Å². The van der Waals surface area contributed by atoms with Gasteiger partial charge in [0, 0.05) is 6.04 Å². The summed E-state index contributed by atoms with van der Waals surface area (Å²) in [6, 6.07) is 1.81. The fourth-order valence-corrected chi connectivity index (χ4v) is 1.65. The molecule has 1 N–H and O–H groups in total. The molecule has 3 nitrogen and oxygen atoms in total. The van der Waals surface area contributed by atoms with Crippen LogP contribution in [0.5, 0.6) is 0 Å². The predicted octanol–water partition coefficient (Wildman–Crippen LogP) is 2.46. The predicted molar refractivity (Wildman–Crippen MR) is 53.4 cm³/mol. The molecule has 1 aliphatic carbocycles. The Morgan fingerprint density at radius 2 is 2.43 bits per heavy atom. The number of halogens is 1. The second kappa shape index (κ2) is 3.65. The third-order valence-corrected chi connectivity index (χ3v) is 2.84. The molecular weight excluding hydrogens is 202 g/mol. The van der Waals surface area contributed by atoms with Crippen molar-refractivity contribution in [1.29, 1.82) is 0 Å². The zero-order valence-corrected chi connectivity index (χ0v) is 8.67. The maximum atomic E-state index is 11.6. The highest BCUT2D eigenvalue weighted by atomic mass is 35.5. The van der Waals surface area contributed by atoms with Crippen LogP contribution in [0, 0.1) is 5.92 Å². The van der Waals surface area contributed by atoms with E-state index < -0.39 is 0 Å². The number of hydrogen-bond donors (Lipinski definition) is 1. The van der Waals surface area contributed by atoms with Gasteiger partial charge in [-0.15, -0.1) is 0 Å². The van der Waals surface area contributed by atoms with E-state index in [1.807, 2.05) is 6.92 Å². The van der Waals surface area contributed by atoms with Crippen molar-refractivity contribution in [2.45, 2.75) is 25.8 Å². The fraction of sp³-hybridized carbons (Fsp3) is 0.500. The third-order valence-electron chi connectivity index (χ3n) is 2.55. The number of carbonyl (C=O) groups is 1. The lowest BCUT2D eigenvalue weighted by molar-refractivity contribution is 0.0935. The van der Waals surface area contributed by atoms with Crippen molar-refractivity contribution >= 4 is 17.5 Å². The number of nitrogens with one attached hydrogen (secondary N) is 1. The van der Waals surface area contributed by atoms with E-state index >= 15 is 0 Å². The van der Waals surface area contributed by atoms with Gasteiger partial charge >= 0.3 is 0 Å². The second-order valence-electron chi connectivity index (χ2n) is 3.71. The van der Waals surface area contributed by atoms with E-state index in [-0.39, 0.29) is 17.2 Å². The summed E-state index contributed by atoms with van der Waals surface area (Å²) in [7, 11) is 0. The summed E-state index contributed by atoms with van der Waals surface area (Å²) in [4.78, 5) is 11.6. The lowest BCUT2D eigenvalue weighted by Crippen LogP contribution is -2.33. The third kappa shape index (κ3) is 1.93. The average molecular weight is 214 g/mol. The molecule has 2 rings (SSSR count). The molecule has 1 amide bonds. The van der Waals surface area contributed by atoms with Gasteiger partial charge in [-0.25, -0.2) is 0 Å². The Hall–Kier alpha value is -0.960. The quantitative estimate of drug-likeness (QED) is 0.838. The van der Waals surface area contributed by atoms with Crippen molar-refractivity contribution in [2.75, 3.05) is 0 Å². The smallest absolute Gasteiger partial charge is 0.256 e. The first-order chi connectivity index (χ1) is 6.68. The van der Waals surface area contributed by atoms with Crippen molar-refractivity contribution in [2.24, 2.45) is 5.92 Å². The summed E-state index contributed by atoms with van der Waals surface area (Å²) >= 11 is 5.69. The summed E-state index contributed by atoms with van der Waals surface area (Å²) in [5.74, 6) is 0.493. The first kappa shape index (κ1) is 9.59. The van der Waals surface area contributed by atoms with E-state index in [4.69, 9.17) is 16.0 Å². The minimum Gasteiger partial charge on any atom is -0.452 e. The molecule has 0 radical (unpaired) electrons. The van der Waals surface area contributed by atoms with Crippen LogP contribution < -0.4 is 5.32 Å². The summed E-state index contributed by atoms with van der Waals surface area (Å²) in [6.45, 7) is 2.02. The minimum absolute atomic E-state index is 0.150. The summed E-state index contributed by atoms with van der Waals surface area (Å²) in [5, 5.41) is 3.06. The van der Waals surface area contributed by atoms with Crippen LogP contribution in [-0.2, 0) is 0 Å². The zero-order valence-electron chi connectivity index (χ0n) is 7.92. The molecule has 4 heteroatoms. The Balaban J connectivity index is 1.98. The number of rotatable bonds is 3. The SMILES string of the molecule is CC(NC(=O)c1ccoc1Cl)C1CC1. The molecule has 1 aromatic heterocycles. The van der Waals surface area contributed by atoms with E-state index in [2.05, 4.69) is 5.32 Å². The standard InChI is InChI=1S/C10H12ClNO2/c1-6(7-2-3-7)12-10(13)8-4-5-14-9(8)11/h4-7H,2-3H2,1H3,(H,12,13). The maximum absolute atomic E-state index is 11.6. The molecule has 0 bridgehead atoms. The number of hydrogen-bond acceptors (Lipinski definition) is 2. The van der Waals surface area contributed by atoms with Gasteiger partial charge in [0.1, 0.15) is 0 Å². The van der Waals surface area contributed by atoms with Crippen LogP contribution in [0.1, 0.15) is 30.1 Å². The second-order valence-corrected chi connectivity index (χ2v) is 4.05. The Labute approximate surface area is 87.4 Å². The molecule has 1 atom stereocenters. The van der Waals surface area contributed by atoms with Gasteiger partial charge in [0.05, 0.1) is 11.8 Å². The van der Waals surface area contributed by atoms with Crippen LogP contribution in [0.2, 0.25) is 5.22 Å². The van der Waals surface area contributed by atoms with Gasteiger partial charge in [-0.1, -0.05) is 0 Å². The van der Waals surface area contributed by atoms with E-state index in [1.54, 1.807) is 6.07 Å². The van der Waals surface area contributed by atoms with Gasteiger partial charge in [0.15, 0.2) is 0 Å². The fourth-order valence-electron chi connectivity index (χ4n) is 1.45. The van der Waals surface area contributed by atoms with Crippen molar-refractivity contribution in [3.63, 3.8) is 0 Å². The average Bonchev–Trinajstić information content (AvgIpc) is 2.89. The van der Waals surface area contributed by atoms with Crippen LogP contribution in [0.15, 0.2) is 16.7 Å². The summed E-state index contributed by atoms with van der Waals surface area (Å²) in [5.41, 5.74) is 0.416. The molecule has 1 fully saturated rings. The molecule has 14 heavy (non-hydrogen) atoms. The van der Waals surface area contributed by atoms with Gasteiger partial charge in [0.2, 0.25) is 5.22 Å². The molecule has 1 aromatic rings. The highest BCUT2D eigenvalue weighted by molar-refractivity contribution is 6.32. The van der Waals surface area contributed by atoms with Crippen molar-refractivity contribution in [1.82, 2.24) is 5.32 Å². The number of furan rings is 1. The normalized spacial score (nSPS) is 17.9. The van der Waals surface area contributed by atoms with E-state index in [9.17, 15) is 4.79 Å². The van der Waals surface area contributed by atoms with Gasteiger partial charge in [0.25, 0.3) is 5.91 Å². The van der Waals surface area contributed by atoms with Crippen molar-refractivity contribution < 1.29 is 9.21 Å². The molecule has 1 aliphatic rings. The van der Waals surface area contributed by atoms with Gasteiger partial charge in [-0.05, 0) is 43.4 Å². The van der Waals surface area contributed by atoms with E-state index in [0.717, 1.165) is 0 Å². The molecule has 0 spiro atoms. The van der Waals surface area contributed by atoms with Gasteiger partial charge in [-0.3, -0.25) is 4.79 Å². The molecular formula is C10H12ClNO2. The van der Waals surface area contributed by atoms with Crippen LogP contribution in [0.25, 0.3) is 0 Å². The lowest BCUT2D eigenvalue weighted by Gasteiger charge is -2.11. The minimum atomic E-state index is -0.150. The largest absolute Gasteiger partial charge is 0.452 e.